The summed E-state index contributed by atoms with van der Waals surface area (Å²) in [4.78, 5) is 4.10. The van der Waals surface area contributed by atoms with Gasteiger partial charge in [0.2, 0.25) is 10.0 Å². The fraction of sp³-hybridized carbons (Fsp3) is 0.562. The molecule has 0 aliphatic carbocycles. The maximum absolute atomic E-state index is 13.2. The van der Waals surface area contributed by atoms with Gasteiger partial charge in [-0.2, -0.15) is 0 Å². The van der Waals surface area contributed by atoms with E-state index in [0.29, 0.717) is 43.6 Å². The molecule has 1 heterocycles. The topological polar surface area (TPSA) is 73.8 Å². The highest BCUT2D eigenvalue weighted by molar-refractivity contribution is 7.88. The van der Waals surface area contributed by atoms with Gasteiger partial charge in [0.1, 0.15) is 0 Å². The summed E-state index contributed by atoms with van der Waals surface area (Å²) in [6.45, 7) is 2.07. The third-order valence-corrected chi connectivity index (χ3v) is 5.57. The zero-order valence-corrected chi connectivity index (χ0v) is 15.2. The number of nitrogens with zero attached hydrogens (tertiary/aromatic N) is 2. The fourth-order valence-electron chi connectivity index (χ4n) is 2.74. The van der Waals surface area contributed by atoms with Crippen LogP contribution < -0.4 is 10.6 Å². The summed E-state index contributed by atoms with van der Waals surface area (Å²) >= 11 is 0. The van der Waals surface area contributed by atoms with E-state index in [-0.39, 0.29) is 0 Å². The van der Waals surface area contributed by atoms with Crippen LogP contribution in [0.4, 0.5) is 8.78 Å². The van der Waals surface area contributed by atoms with Gasteiger partial charge in [0.25, 0.3) is 0 Å². The van der Waals surface area contributed by atoms with Crippen LogP contribution in [0.2, 0.25) is 0 Å². The van der Waals surface area contributed by atoms with Crippen molar-refractivity contribution in [1.82, 2.24) is 14.9 Å². The normalized spacial score (nSPS) is 17.5. The van der Waals surface area contributed by atoms with E-state index in [1.165, 1.54) is 16.6 Å². The van der Waals surface area contributed by atoms with Crippen molar-refractivity contribution in [3.05, 3.63) is 35.4 Å². The Labute approximate surface area is 147 Å². The molecule has 2 N–H and O–H groups in total. The molecular weight excluding hydrogens is 350 g/mol. The highest BCUT2D eigenvalue weighted by atomic mass is 32.2. The van der Waals surface area contributed by atoms with Gasteiger partial charge in [-0.05, 0) is 36.5 Å². The number of guanidine groups is 1. The van der Waals surface area contributed by atoms with E-state index >= 15 is 0 Å². The van der Waals surface area contributed by atoms with E-state index in [9.17, 15) is 17.2 Å². The lowest BCUT2D eigenvalue weighted by Crippen LogP contribution is -2.43. The average Bonchev–Trinajstić information content (AvgIpc) is 2.57. The Hall–Kier alpha value is -1.74. The fourth-order valence-corrected chi connectivity index (χ4v) is 3.62. The number of aliphatic imine (C=N–C) groups is 1. The molecule has 1 aromatic rings. The Balaban J connectivity index is 1.76. The lowest BCUT2D eigenvalue weighted by molar-refractivity contribution is 0.275. The van der Waals surface area contributed by atoms with Gasteiger partial charge < -0.3 is 10.6 Å². The number of piperidine rings is 1. The number of benzene rings is 1. The number of rotatable bonds is 5. The standard InChI is InChI=1S/C16H24F2N4O2S/c1-19-16(21-11-13-3-4-14(17)15(18)9-13)20-10-12-5-7-22(8-6-12)25(2,23)24/h3-4,9,12H,5-8,10-11H2,1-2H3,(H2,19,20,21). The minimum absolute atomic E-state index is 0.323. The molecule has 1 aromatic carbocycles. The number of halogens is 2. The first-order valence-corrected chi connectivity index (χ1v) is 9.98. The van der Waals surface area contributed by atoms with Gasteiger partial charge >= 0.3 is 0 Å². The van der Waals surface area contributed by atoms with Crippen molar-refractivity contribution in [2.45, 2.75) is 19.4 Å². The van der Waals surface area contributed by atoms with E-state index in [0.717, 1.165) is 25.0 Å². The van der Waals surface area contributed by atoms with Crippen molar-refractivity contribution < 1.29 is 17.2 Å². The lowest BCUT2D eigenvalue weighted by atomic mass is 9.98. The molecule has 1 aliphatic heterocycles. The van der Waals surface area contributed by atoms with Crippen LogP contribution in [0.5, 0.6) is 0 Å². The van der Waals surface area contributed by atoms with Crippen molar-refractivity contribution in [2.75, 3.05) is 32.9 Å². The van der Waals surface area contributed by atoms with Gasteiger partial charge in [-0.25, -0.2) is 21.5 Å². The molecular formula is C16H24F2N4O2S. The second-order valence-corrected chi connectivity index (χ2v) is 8.14. The van der Waals surface area contributed by atoms with Crippen LogP contribution >= 0.6 is 0 Å². The summed E-state index contributed by atoms with van der Waals surface area (Å²) in [5.74, 6) is -0.818. The Morgan fingerprint density at radius 3 is 2.48 bits per heavy atom. The average molecular weight is 374 g/mol. The lowest BCUT2D eigenvalue weighted by Gasteiger charge is -2.30. The molecule has 0 amide bonds. The van der Waals surface area contributed by atoms with Crippen molar-refractivity contribution in [2.24, 2.45) is 10.9 Å². The smallest absolute Gasteiger partial charge is 0.211 e. The van der Waals surface area contributed by atoms with E-state index in [4.69, 9.17) is 0 Å². The van der Waals surface area contributed by atoms with Gasteiger partial charge in [-0.3, -0.25) is 4.99 Å². The van der Waals surface area contributed by atoms with E-state index < -0.39 is 21.7 Å². The van der Waals surface area contributed by atoms with Crippen LogP contribution in [0.3, 0.4) is 0 Å². The number of nitrogens with one attached hydrogen (secondary N) is 2. The molecule has 6 nitrogen and oxygen atoms in total. The molecule has 0 spiro atoms. The molecule has 0 radical (unpaired) electrons. The molecule has 2 rings (SSSR count). The summed E-state index contributed by atoms with van der Waals surface area (Å²) in [7, 11) is -1.48. The third kappa shape index (κ3) is 5.93. The Bertz CT molecular complexity index is 717. The molecule has 0 bridgehead atoms. The summed E-state index contributed by atoms with van der Waals surface area (Å²) in [6.07, 6.45) is 2.82. The molecule has 9 heteroatoms. The predicted octanol–water partition coefficient (Wildman–Crippen LogP) is 1.30. The monoisotopic (exact) mass is 374 g/mol. The molecule has 0 unspecified atom stereocenters. The summed E-state index contributed by atoms with van der Waals surface area (Å²) in [5.41, 5.74) is 0.614. The maximum atomic E-state index is 13.2. The van der Waals surface area contributed by atoms with Gasteiger partial charge in [-0.15, -0.1) is 0 Å². The van der Waals surface area contributed by atoms with Crippen LogP contribution in [0.25, 0.3) is 0 Å². The molecule has 25 heavy (non-hydrogen) atoms. The van der Waals surface area contributed by atoms with E-state index in [2.05, 4.69) is 15.6 Å². The van der Waals surface area contributed by atoms with Crippen LogP contribution in [0.15, 0.2) is 23.2 Å². The van der Waals surface area contributed by atoms with Crippen LogP contribution in [-0.2, 0) is 16.6 Å². The molecule has 0 saturated carbocycles. The SMILES string of the molecule is CN=C(NCc1ccc(F)c(F)c1)NCC1CCN(S(C)(=O)=O)CC1. The Kier molecular flexibility index (Phi) is 6.71. The van der Waals surface area contributed by atoms with Gasteiger partial charge in [-0.1, -0.05) is 6.07 Å². The highest BCUT2D eigenvalue weighted by Gasteiger charge is 2.24. The number of sulfonamides is 1. The highest BCUT2D eigenvalue weighted by Crippen LogP contribution is 2.18. The van der Waals surface area contributed by atoms with E-state index in [1.807, 2.05) is 0 Å². The summed E-state index contributed by atoms with van der Waals surface area (Å²) in [5, 5.41) is 6.24. The van der Waals surface area contributed by atoms with Crippen molar-refractivity contribution in [3.63, 3.8) is 0 Å². The Morgan fingerprint density at radius 1 is 1.24 bits per heavy atom. The minimum atomic E-state index is -3.11. The molecule has 0 aromatic heterocycles. The molecule has 140 valence electrons. The van der Waals surface area contributed by atoms with Crippen LogP contribution in [-0.4, -0.2) is 51.6 Å². The second-order valence-electron chi connectivity index (χ2n) is 6.16. The number of hydrogen-bond donors (Lipinski definition) is 2. The number of hydrogen-bond acceptors (Lipinski definition) is 3. The van der Waals surface area contributed by atoms with Gasteiger partial charge in [0.15, 0.2) is 17.6 Å². The first-order valence-electron chi connectivity index (χ1n) is 8.13. The Morgan fingerprint density at radius 2 is 1.92 bits per heavy atom. The van der Waals surface area contributed by atoms with Crippen molar-refractivity contribution in [3.8, 4) is 0 Å². The van der Waals surface area contributed by atoms with Crippen LogP contribution in [0.1, 0.15) is 18.4 Å². The van der Waals surface area contributed by atoms with E-state index in [1.54, 1.807) is 7.05 Å². The van der Waals surface area contributed by atoms with Crippen LogP contribution in [0, 0.1) is 17.6 Å². The first-order chi connectivity index (χ1) is 11.8. The first kappa shape index (κ1) is 19.6. The second kappa shape index (κ2) is 8.57. The minimum Gasteiger partial charge on any atom is -0.356 e. The molecule has 0 atom stereocenters. The summed E-state index contributed by atoms with van der Waals surface area (Å²) in [6, 6.07) is 3.76. The quantitative estimate of drug-likeness (QED) is 0.602. The molecule has 1 saturated heterocycles. The van der Waals surface area contributed by atoms with Crippen molar-refractivity contribution >= 4 is 16.0 Å². The molecule has 1 aliphatic rings. The maximum Gasteiger partial charge on any atom is 0.211 e. The van der Waals surface area contributed by atoms with Gasteiger partial charge in [0, 0.05) is 33.2 Å². The zero-order chi connectivity index (χ0) is 18.4. The summed E-state index contributed by atoms with van der Waals surface area (Å²) < 4.78 is 50.6. The predicted molar refractivity (Wildman–Crippen MR) is 93.7 cm³/mol. The zero-order valence-electron chi connectivity index (χ0n) is 14.4. The van der Waals surface area contributed by atoms with Crippen molar-refractivity contribution in [1.29, 1.82) is 0 Å². The largest absolute Gasteiger partial charge is 0.356 e. The van der Waals surface area contributed by atoms with Gasteiger partial charge in [0.05, 0.1) is 6.26 Å². The molecule has 1 fully saturated rings. The third-order valence-electron chi connectivity index (χ3n) is 4.27.